The van der Waals surface area contributed by atoms with E-state index >= 15 is 0 Å². The monoisotopic (exact) mass is 421 g/mol. The largest absolute Gasteiger partial charge is 0.367 e. The maximum absolute atomic E-state index is 13.4. The predicted octanol–water partition coefficient (Wildman–Crippen LogP) is 1.26. The molecule has 0 aliphatic carbocycles. The maximum Gasteiger partial charge on any atom is 0.330 e. The zero-order valence-corrected chi connectivity index (χ0v) is 18.1. The number of hydrogen-bond donors (Lipinski definition) is 0. The molecular weight excluding hydrogens is 394 g/mol. The molecule has 3 rings (SSSR count). The fraction of sp³-hybridized carbons (Fsp3) is 0.500. The molecule has 1 aromatic carbocycles. The second-order valence-electron chi connectivity index (χ2n) is 8.46. The molecule has 158 valence electrons. The molecule has 2 heterocycles. The third kappa shape index (κ3) is 4.08. The average Bonchev–Trinajstić information content (AvgIpc) is 2.68. The van der Waals surface area contributed by atoms with Crippen LogP contribution < -0.4 is 11.2 Å². The van der Waals surface area contributed by atoms with Crippen LogP contribution in [-0.4, -0.2) is 41.1 Å². The van der Waals surface area contributed by atoms with Crippen LogP contribution in [0.3, 0.4) is 0 Å². The van der Waals surface area contributed by atoms with E-state index in [2.05, 4.69) is 0 Å². The molecule has 1 aromatic heterocycles. The number of rotatable bonds is 3. The molecule has 0 spiro atoms. The molecule has 2 aromatic rings. The van der Waals surface area contributed by atoms with Gasteiger partial charge in [0.25, 0.3) is 5.56 Å². The molecule has 0 radical (unpaired) electrons. The van der Waals surface area contributed by atoms with Crippen molar-refractivity contribution >= 4 is 10.0 Å². The number of morpholine rings is 1. The summed E-state index contributed by atoms with van der Waals surface area (Å²) in [6, 6.07) is 9.43. The minimum Gasteiger partial charge on any atom is -0.367 e. The third-order valence-electron chi connectivity index (χ3n) is 5.24. The normalized spacial score (nSPS) is 21.3. The molecule has 0 unspecified atom stereocenters. The predicted molar refractivity (Wildman–Crippen MR) is 109 cm³/mol. The quantitative estimate of drug-likeness (QED) is 0.744. The van der Waals surface area contributed by atoms with E-state index in [1.54, 1.807) is 0 Å². The van der Waals surface area contributed by atoms with Crippen LogP contribution in [0.25, 0.3) is 0 Å². The van der Waals surface area contributed by atoms with Gasteiger partial charge >= 0.3 is 5.69 Å². The van der Waals surface area contributed by atoms with Gasteiger partial charge in [0.15, 0.2) is 4.90 Å². The van der Waals surface area contributed by atoms with E-state index < -0.39 is 32.3 Å². The van der Waals surface area contributed by atoms with E-state index in [0.717, 1.165) is 20.9 Å². The lowest BCUT2D eigenvalue weighted by Crippen LogP contribution is -2.52. The summed E-state index contributed by atoms with van der Waals surface area (Å²) in [6.45, 7) is 6.18. The van der Waals surface area contributed by atoms with E-state index in [0.29, 0.717) is 0 Å². The fourth-order valence-corrected chi connectivity index (χ4v) is 4.94. The minimum absolute atomic E-state index is 0.0882. The average molecular weight is 422 g/mol. The molecule has 0 bridgehead atoms. The Kier molecular flexibility index (Phi) is 5.59. The van der Waals surface area contributed by atoms with Gasteiger partial charge in [0.05, 0.1) is 12.2 Å². The van der Waals surface area contributed by atoms with Crippen molar-refractivity contribution < 1.29 is 13.2 Å². The Labute approximate surface area is 170 Å². The smallest absolute Gasteiger partial charge is 0.330 e. The van der Waals surface area contributed by atoms with E-state index in [9.17, 15) is 18.0 Å². The van der Waals surface area contributed by atoms with Crippen molar-refractivity contribution in [1.82, 2.24) is 13.4 Å². The van der Waals surface area contributed by atoms with Crippen molar-refractivity contribution in [2.75, 3.05) is 13.1 Å². The van der Waals surface area contributed by atoms with Gasteiger partial charge in [-0.2, -0.15) is 4.31 Å². The number of benzene rings is 1. The molecule has 2 atom stereocenters. The summed E-state index contributed by atoms with van der Waals surface area (Å²) < 4.78 is 36.3. The van der Waals surface area contributed by atoms with Gasteiger partial charge in [0.1, 0.15) is 0 Å². The van der Waals surface area contributed by atoms with Crippen LogP contribution in [0.15, 0.2) is 51.0 Å². The highest BCUT2D eigenvalue weighted by molar-refractivity contribution is 7.89. The maximum atomic E-state index is 13.4. The Balaban J connectivity index is 2.08. The Morgan fingerprint density at radius 1 is 1.03 bits per heavy atom. The molecule has 0 saturated carbocycles. The van der Waals surface area contributed by atoms with Crippen molar-refractivity contribution in [1.29, 1.82) is 0 Å². The summed E-state index contributed by atoms with van der Waals surface area (Å²) in [5.41, 5.74) is -0.848. The zero-order chi connectivity index (χ0) is 21.6. The first-order valence-electron chi connectivity index (χ1n) is 9.40. The summed E-state index contributed by atoms with van der Waals surface area (Å²) in [7, 11) is -1.44. The van der Waals surface area contributed by atoms with Crippen molar-refractivity contribution in [3.63, 3.8) is 0 Å². The van der Waals surface area contributed by atoms with Crippen molar-refractivity contribution in [3.8, 4) is 0 Å². The van der Waals surface area contributed by atoms with Crippen molar-refractivity contribution in [2.24, 2.45) is 19.5 Å². The van der Waals surface area contributed by atoms with E-state index in [1.165, 1.54) is 18.4 Å². The number of ether oxygens (including phenoxy) is 1. The number of aryl methyl sites for hydroxylation is 1. The van der Waals surface area contributed by atoms with Gasteiger partial charge in [-0.1, -0.05) is 51.1 Å². The van der Waals surface area contributed by atoms with Crippen LogP contribution in [0.2, 0.25) is 0 Å². The first kappa shape index (κ1) is 21.5. The minimum atomic E-state index is -4.13. The van der Waals surface area contributed by atoms with Crippen LogP contribution in [-0.2, 0) is 28.9 Å². The van der Waals surface area contributed by atoms with Gasteiger partial charge < -0.3 is 9.30 Å². The highest BCUT2D eigenvalue weighted by Crippen LogP contribution is 2.35. The Morgan fingerprint density at radius 3 is 2.24 bits per heavy atom. The van der Waals surface area contributed by atoms with Crippen LogP contribution in [0.4, 0.5) is 0 Å². The zero-order valence-electron chi connectivity index (χ0n) is 17.3. The topological polar surface area (TPSA) is 90.6 Å². The Morgan fingerprint density at radius 2 is 1.66 bits per heavy atom. The van der Waals surface area contributed by atoms with Crippen molar-refractivity contribution in [3.05, 3.63) is 62.9 Å². The van der Waals surface area contributed by atoms with Crippen LogP contribution in [0, 0.1) is 5.41 Å². The van der Waals surface area contributed by atoms with E-state index in [1.807, 2.05) is 51.1 Å². The molecule has 8 nitrogen and oxygen atoms in total. The second-order valence-corrected chi connectivity index (χ2v) is 10.4. The highest BCUT2D eigenvalue weighted by Gasteiger charge is 2.41. The van der Waals surface area contributed by atoms with Crippen LogP contribution in [0.5, 0.6) is 0 Å². The molecule has 0 N–H and O–H groups in total. The lowest BCUT2D eigenvalue weighted by molar-refractivity contribution is -0.110. The molecule has 1 fully saturated rings. The molecule has 1 aliphatic rings. The van der Waals surface area contributed by atoms with Gasteiger partial charge in [-0.25, -0.2) is 13.2 Å². The number of sulfonamides is 1. The number of nitrogens with zero attached hydrogens (tertiary/aromatic N) is 3. The van der Waals surface area contributed by atoms with Gasteiger partial charge in [-0.15, -0.1) is 0 Å². The summed E-state index contributed by atoms with van der Waals surface area (Å²) in [4.78, 5) is 24.1. The second kappa shape index (κ2) is 7.55. The van der Waals surface area contributed by atoms with Gasteiger partial charge in [-0.3, -0.25) is 9.36 Å². The summed E-state index contributed by atoms with van der Waals surface area (Å²) in [5, 5.41) is 0. The van der Waals surface area contributed by atoms with Crippen molar-refractivity contribution in [2.45, 2.75) is 37.9 Å². The van der Waals surface area contributed by atoms with Gasteiger partial charge in [0.2, 0.25) is 10.0 Å². The standard InChI is InChI=1S/C20H27N3O5S/c1-20(2,3)17-13-23(11-15(28-17)14-9-7-6-8-10-14)29(26,27)16-12-21(4)19(25)22(5)18(16)24/h6-10,12,15,17H,11,13H2,1-5H3/t15-,17+/m0/s1. The molecular formula is C20H27N3O5S. The van der Waals surface area contributed by atoms with Crippen LogP contribution in [0.1, 0.15) is 32.4 Å². The SMILES string of the molecule is Cn1cc(S(=O)(=O)N2C[C@@H](c3ccccc3)O[C@@H](C(C)(C)C)C2)c(=O)n(C)c1=O. The van der Waals surface area contributed by atoms with Gasteiger partial charge in [-0.05, 0) is 11.0 Å². The fourth-order valence-electron chi connectivity index (χ4n) is 3.35. The number of aromatic nitrogens is 2. The first-order valence-corrected chi connectivity index (χ1v) is 10.8. The third-order valence-corrected chi connectivity index (χ3v) is 7.05. The molecule has 0 amide bonds. The van der Waals surface area contributed by atoms with Crippen LogP contribution >= 0.6 is 0 Å². The Hall–Kier alpha value is -2.23. The first-order chi connectivity index (χ1) is 13.4. The summed E-state index contributed by atoms with van der Waals surface area (Å²) >= 11 is 0. The Bertz CT molecular complexity index is 1110. The van der Waals surface area contributed by atoms with E-state index in [4.69, 9.17) is 4.74 Å². The summed E-state index contributed by atoms with van der Waals surface area (Å²) in [6.07, 6.45) is 0.270. The molecule has 1 saturated heterocycles. The highest BCUT2D eigenvalue weighted by atomic mass is 32.2. The van der Waals surface area contributed by atoms with Gasteiger partial charge in [0, 0.05) is 33.4 Å². The van der Waals surface area contributed by atoms with E-state index in [-0.39, 0.29) is 24.6 Å². The molecule has 9 heteroatoms. The number of hydrogen-bond acceptors (Lipinski definition) is 5. The summed E-state index contributed by atoms with van der Waals surface area (Å²) in [5.74, 6) is 0. The molecule has 29 heavy (non-hydrogen) atoms. The lowest BCUT2D eigenvalue weighted by atomic mass is 9.87. The molecule has 1 aliphatic heterocycles. The lowest BCUT2D eigenvalue weighted by Gasteiger charge is -2.42.